The summed E-state index contributed by atoms with van der Waals surface area (Å²) in [6.07, 6.45) is 0.651. The molecule has 21 heavy (non-hydrogen) atoms. The Morgan fingerprint density at radius 2 is 1.81 bits per heavy atom. The molecule has 0 aliphatic rings. The summed E-state index contributed by atoms with van der Waals surface area (Å²) >= 11 is 0. The third kappa shape index (κ3) is 6.76. The summed E-state index contributed by atoms with van der Waals surface area (Å²) in [6.45, 7) is 5.66. The van der Waals surface area contributed by atoms with Crippen LogP contribution in [0.5, 0.6) is 0 Å². The molecule has 1 aromatic rings. The summed E-state index contributed by atoms with van der Waals surface area (Å²) in [6, 6.07) is 7.05. The number of sulfonamides is 1. The highest BCUT2D eigenvalue weighted by Crippen LogP contribution is 2.15. The van der Waals surface area contributed by atoms with Gasteiger partial charge in [0.25, 0.3) is 0 Å². The van der Waals surface area contributed by atoms with Crippen LogP contribution in [0, 0.1) is 17.8 Å². The molecule has 116 valence electrons. The summed E-state index contributed by atoms with van der Waals surface area (Å²) in [5.74, 6) is 5.89. The Labute approximate surface area is 127 Å². The van der Waals surface area contributed by atoms with Crippen LogP contribution >= 0.6 is 0 Å². The van der Waals surface area contributed by atoms with E-state index in [2.05, 4.69) is 16.6 Å². The lowest BCUT2D eigenvalue weighted by Crippen LogP contribution is -2.29. The van der Waals surface area contributed by atoms with E-state index in [0.29, 0.717) is 12.3 Å². The van der Waals surface area contributed by atoms with Gasteiger partial charge in [0.15, 0.2) is 0 Å². The zero-order valence-electron chi connectivity index (χ0n) is 12.8. The second-order valence-corrected chi connectivity index (χ2v) is 7.30. The van der Waals surface area contributed by atoms with Crippen LogP contribution in [0.3, 0.4) is 0 Å². The number of hydrogen-bond donors (Lipinski definition) is 2. The van der Waals surface area contributed by atoms with Crippen LogP contribution < -0.4 is 4.72 Å². The smallest absolute Gasteiger partial charge is 0.212 e. The van der Waals surface area contributed by atoms with Crippen LogP contribution in [0.4, 0.5) is 0 Å². The van der Waals surface area contributed by atoms with Gasteiger partial charge in [0, 0.05) is 11.6 Å². The molecule has 4 nitrogen and oxygen atoms in total. The largest absolute Gasteiger partial charge is 0.384 e. The van der Waals surface area contributed by atoms with Gasteiger partial charge in [-0.2, -0.15) is 0 Å². The van der Waals surface area contributed by atoms with Crippen molar-refractivity contribution in [3.8, 4) is 11.8 Å². The maximum Gasteiger partial charge on any atom is 0.212 e. The summed E-state index contributed by atoms with van der Waals surface area (Å²) < 4.78 is 26.6. The number of nitrogens with one attached hydrogen (secondary N) is 1. The third-order valence-corrected chi connectivity index (χ3v) is 4.53. The molecule has 0 spiro atoms. The monoisotopic (exact) mass is 309 g/mol. The molecule has 0 saturated carbocycles. The van der Waals surface area contributed by atoms with Crippen molar-refractivity contribution in [3.05, 3.63) is 35.4 Å². The van der Waals surface area contributed by atoms with Crippen LogP contribution in [0.2, 0.25) is 0 Å². The molecule has 0 aliphatic carbocycles. The molecule has 0 bridgehead atoms. The molecule has 1 rings (SSSR count). The van der Waals surface area contributed by atoms with Crippen molar-refractivity contribution in [3.63, 3.8) is 0 Å². The molecular formula is C16H23NO3S. The van der Waals surface area contributed by atoms with Crippen molar-refractivity contribution in [2.75, 3.05) is 12.4 Å². The van der Waals surface area contributed by atoms with Gasteiger partial charge in [0.05, 0.1) is 5.75 Å². The quantitative estimate of drug-likeness (QED) is 0.791. The highest BCUT2D eigenvalue weighted by Gasteiger charge is 2.16. The van der Waals surface area contributed by atoms with Gasteiger partial charge in [0.2, 0.25) is 10.0 Å². The Hall–Kier alpha value is -1.35. The molecule has 0 heterocycles. The minimum atomic E-state index is -3.26. The average molecular weight is 309 g/mol. The maximum atomic E-state index is 12.0. The predicted octanol–water partition coefficient (Wildman–Crippen LogP) is 2.06. The lowest BCUT2D eigenvalue weighted by atomic mass is 10.1. The molecular weight excluding hydrogens is 286 g/mol. The van der Waals surface area contributed by atoms with E-state index in [4.69, 9.17) is 5.11 Å². The maximum absolute atomic E-state index is 12.0. The Morgan fingerprint density at radius 1 is 1.19 bits per heavy atom. The van der Waals surface area contributed by atoms with Crippen molar-refractivity contribution >= 4 is 10.0 Å². The third-order valence-electron chi connectivity index (χ3n) is 3.04. The lowest BCUT2D eigenvalue weighted by Gasteiger charge is -2.15. The van der Waals surface area contributed by atoms with Gasteiger partial charge in [-0.3, -0.25) is 0 Å². The minimum Gasteiger partial charge on any atom is -0.384 e. The molecule has 0 aliphatic heterocycles. The molecule has 0 saturated heterocycles. The van der Waals surface area contributed by atoms with Crippen molar-refractivity contribution < 1.29 is 13.5 Å². The molecule has 0 fully saturated rings. The summed E-state index contributed by atoms with van der Waals surface area (Å²) in [7, 11) is -3.26. The zero-order valence-corrected chi connectivity index (χ0v) is 13.6. The second kappa shape index (κ2) is 8.18. The van der Waals surface area contributed by atoms with E-state index in [1.807, 2.05) is 45.0 Å². The topological polar surface area (TPSA) is 66.4 Å². The van der Waals surface area contributed by atoms with Crippen molar-refractivity contribution in [2.24, 2.45) is 5.92 Å². The summed E-state index contributed by atoms with van der Waals surface area (Å²) in [5.41, 5.74) is 1.68. The van der Waals surface area contributed by atoms with Crippen LogP contribution in [-0.4, -0.2) is 25.9 Å². The van der Waals surface area contributed by atoms with E-state index in [9.17, 15) is 8.42 Å². The molecule has 0 radical (unpaired) electrons. The van der Waals surface area contributed by atoms with Crippen molar-refractivity contribution in [1.82, 2.24) is 4.72 Å². The molecule has 0 amide bonds. The lowest BCUT2D eigenvalue weighted by molar-refractivity contribution is 0.350. The van der Waals surface area contributed by atoms with Gasteiger partial charge in [0.1, 0.15) is 6.61 Å². The van der Waals surface area contributed by atoms with Gasteiger partial charge < -0.3 is 5.11 Å². The summed E-state index contributed by atoms with van der Waals surface area (Å²) in [4.78, 5) is 0. The number of hydrogen-bond acceptors (Lipinski definition) is 3. The molecule has 1 atom stereocenters. The molecule has 0 aromatic heterocycles. The van der Waals surface area contributed by atoms with Crippen LogP contribution in [0.25, 0.3) is 0 Å². The van der Waals surface area contributed by atoms with Crippen molar-refractivity contribution in [1.29, 1.82) is 0 Å². The Bertz CT molecular complexity index is 595. The van der Waals surface area contributed by atoms with E-state index in [1.165, 1.54) is 0 Å². The second-order valence-electron chi connectivity index (χ2n) is 5.42. The summed E-state index contributed by atoms with van der Waals surface area (Å²) in [5, 5.41) is 8.64. The van der Waals surface area contributed by atoms with Crippen molar-refractivity contribution in [2.45, 2.75) is 33.2 Å². The van der Waals surface area contributed by atoms with Crippen LogP contribution in [0.1, 0.15) is 44.4 Å². The number of aliphatic hydroxyl groups is 1. The van der Waals surface area contributed by atoms with E-state index in [-0.39, 0.29) is 18.4 Å². The fourth-order valence-corrected chi connectivity index (χ4v) is 3.36. The first kappa shape index (κ1) is 17.7. The molecule has 5 heteroatoms. The van der Waals surface area contributed by atoms with Gasteiger partial charge in [-0.15, -0.1) is 0 Å². The molecule has 2 N–H and O–H groups in total. The van der Waals surface area contributed by atoms with Gasteiger partial charge in [-0.05, 0) is 37.0 Å². The highest BCUT2D eigenvalue weighted by molar-refractivity contribution is 7.89. The normalized spacial score (nSPS) is 12.8. The number of aliphatic hydroxyl groups excluding tert-OH is 1. The fourth-order valence-electron chi connectivity index (χ4n) is 1.78. The van der Waals surface area contributed by atoms with E-state index >= 15 is 0 Å². The fraction of sp³-hybridized carbons (Fsp3) is 0.500. The van der Waals surface area contributed by atoms with Gasteiger partial charge in [-0.1, -0.05) is 37.8 Å². The number of rotatable bonds is 6. The zero-order chi connectivity index (χ0) is 15.9. The first-order chi connectivity index (χ1) is 9.84. The number of benzene rings is 1. The van der Waals surface area contributed by atoms with E-state index in [1.54, 1.807) is 0 Å². The van der Waals surface area contributed by atoms with E-state index < -0.39 is 10.0 Å². The molecule has 1 unspecified atom stereocenters. The van der Waals surface area contributed by atoms with E-state index in [0.717, 1.165) is 11.1 Å². The van der Waals surface area contributed by atoms with Crippen LogP contribution in [0.15, 0.2) is 24.3 Å². The average Bonchev–Trinajstić information content (AvgIpc) is 2.43. The Morgan fingerprint density at radius 3 is 2.33 bits per heavy atom. The van der Waals surface area contributed by atoms with Crippen LogP contribution in [-0.2, 0) is 10.0 Å². The minimum absolute atomic E-state index is 0.148. The highest BCUT2D eigenvalue weighted by atomic mass is 32.2. The predicted molar refractivity (Wildman–Crippen MR) is 85.2 cm³/mol. The Balaban J connectivity index is 2.69. The first-order valence-electron chi connectivity index (χ1n) is 7.03. The standard InChI is InChI=1S/C16H23NO3S/c1-13(2)10-12-21(19,20)17-14(3)16-8-6-15(7-9-16)5-4-11-18/h6-9,13-14,17-18H,10-12H2,1-3H3. The SMILES string of the molecule is CC(C)CCS(=O)(=O)NC(C)c1ccc(C#CCO)cc1. The van der Waals surface area contributed by atoms with Gasteiger partial charge in [-0.25, -0.2) is 13.1 Å². The first-order valence-corrected chi connectivity index (χ1v) is 8.69. The Kier molecular flexibility index (Phi) is 6.90. The molecule has 1 aromatic carbocycles. The van der Waals surface area contributed by atoms with Gasteiger partial charge >= 0.3 is 0 Å².